The number of phenols is 1. The number of ketones is 1. The molecule has 1 N–H and O–H groups in total. The van der Waals surface area contributed by atoms with Crippen LogP contribution in [-0.4, -0.2) is 24.8 Å². The fourth-order valence-electron chi connectivity index (χ4n) is 1.71. The van der Waals surface area contributed by atoms with Gasteiger partial charge in [-0.05, 0) is 24.3 Å². The highest BCUT2D eigenvalue weighted by molar-refractivity contribution is 6.12. The summed E-state index contributed by atoms with van der Waals surface area (Å²) in [4.78, 5) is 12.4. The SMILES string of the molecule is COCOc1ccccc1C(=O)c1ccccc1O. The molecule has 0 unspecified atom stereocenters. The molecule has 2 rings (SSSR count). The highest BCUT2D eigenvalue weighted by atomic mass is 16.7. The second kappa shape index (κ2) is 6.02. The number of ether oxygens (including phenoxy) is 2. The first-order valence-corrected chi connectivity index (χ1v) is 5.77. The number of aromatic hydroxyl groups is 1. The van der Waals surface area contributed by atoms with Crippen LogP contribution < -0.4 is 4.74 Å². The van der Waals surface area contributed by atoms with Gasteiger partial charge in [0, 0.05) is 7.11 Å². The summed E-state index contributed by atoms with van der Waals surface area (Å²) in [5.41, 5.74) is 0.636. The van der Waals surface area contributed by atoms with E-state index in [0.717, 1.165) is 0 Å². The second-order valence-corrected chi connectivity index (χ2v) is 3.89. The zero-order valence-electron chi connectivity index (χ0n) is 10.5. The third-order valence-electron chi connectivity index (χ3n) is 2.61. The predicted octanol–water partition coefficient (Wildman–Crippen LogP) is 2.61. The fourth-order valence-corrected chi connectivity index (χ4v) is 1.71. The average molecular weight is 258 g/mol. The molecule has 0 radical (unpaired) electrons. The van der Waals surface area contributed by atoms with Crippen molar-refractivity contribution < 1.29 is 19.4 Å². The van der Waals surface area contributed by atoms with Gasteiger partial charge in [-0.2, -0.15) is 0 Å². The highest BCUT2D eigenvalue weighted by Gasteiger charge is 2.17. The summed E-state index contributed by atoms with van der Waals surface area (Å²) < 4.78 is 10.2. The van der Waals surface area contributed by atoms with Crippen LogP contribution in [0.2, 0.25) is 0 Å². The highest BCUT2D eigenvalue weighted by Crippen LogP contribution is 2.25. The van der Waals surface area contributed by atoms with Crippen molar-refractivity contribution in [3.63, 3.8) is 0 Å². The first-order chi connectivity index (χ1) is 9.24. The first-order valence-electron chi connectivity index (χ1n) is 5.77. The monoisotopic (exact) mass is 258 g/mol. The van der Waals surface area contributed by atoms with Gasteiger partial charge in [0.2, 0.25) is 0 Å². The Morgan fingerprint density at radius 2 is 1.68 bits per heavy atom. The van der Waals surface area contributed by atoms with Gasteiger partial charge in [0.15, 0.2) is 12.6 Å². The molecule has 4 heteroatoms. The third-order valence-corrected chi connectivity index (χ3v) is 2.61. The molecular weight excluding hydrogens is 244 g/mol. The molecule has 0 bridgehead atoms. The Kier molecular flexibility index (Phi) is 4.15. The Bertz CT molecular complexity index is 578. The molecule has 0 aliphatic heterocycles. The van der Waals surface area contributed by atoms with Gasteiger partial charge in [-0.1, -0.05) is 24.3 Å². The van der Waals surface area contributed by atoms with Crippen LogP contribution in [0.15, 0.2) is 48.5 Å². The van der Waals surface area contributed by atoms with E-state index in [1.165, 1.54) is 13.2 Å². The maximum Gasteiger partial charge on any atom is 0.200 e. The number of phenolic OH excluding ortho intramolecular Hbond substituents is 1. The summed E-state index contributed by atoms with van der Waals surface area (Å²) in [7, 11) is 1.51. The molecule has 0 saturated heterocycles. The van der Waals surface area contributed by atoms with Crippen LogP contribution in [0.25, 0.3) is 0 Å². The Labute approximate surface area is 111 Å². The Balaban J connectivity index is 2.36. The molecule has 0 spiro atoms. The minimum absolute atomic E-state index is 0.0472. The summed E-state index contributed by atoms with van der Waals surface area (Å²) >= 11 is 0. The lowest BCUT2D eigenvalue weighted by Crippen LogP contribution is -2.07. The Morgan fingerprint density at radius 3 is 2.37 bits per heavy atom. The third kappa shape index (κ3) is 2.92. The van der Waals surface area contributed by atoms with Crippen molar-refractivity contribution in [2.75, 3.05) is 13.9 Å². The standard InChI is InChI=1S/C15H14O4/c1-18-10-19-14-9-5-3-7-12(14)15(17)11-6-2-4-8-13(11)16/h2-9,16H,10H2,1H3. The van der Waals surface area contributed by atoms with E-state index in [1.54, 1.807) is 42.5 Å². The number of carbonyl (C=O) groups excluding carboxylic acids is 1. The predicted molar refractivity (Wildman–Crippen MR) is 70.5 cm³/mol. The van der Waals surface area contributed by atoms with Crippen molar-refractivity contribution in [3.8, 4) is 11.5 Å². The fraction of sp³-hybridized carbons (Fsp3) is 0.133. The molecular formula is C15H14O4. The van der Waals surface area contributed by atoms with Crippen molar-refractivity contribution in [1.82, 2.24) is 0 Å². The summed E-state index contributed by atoms with van der Waals surface area (Å²) in [6, 6.07) is 13.3. The molecule has 2 aromatic rings. The number of rotatable bonds is 5. The molecule has 0 heterocycles. The topological polar surface area (TPSA) is 55.8 Å². The molecule has 0 fully saturated rings. The van der Waals surface area contributed by atoms with E-state index in [0.29, 0.717) is 11.3 Å². The number of hydrogen-bond donors (Lipinski definition) is 1. The molecule has 19 heavy (non-hydrogen) atoms. The van der Waals surface area contributed by atoms with Gasteiger partial charge in [-0.25, -0.2) is 0 Å². The normalized spacial score (nSPS) is 10.2. The van der Waals surface area contributed by atoms with Gasteiger partial charge < -0.3 is 14.6 Å². The average Bonchev–Trinajstić information content (AvgIpc) is 2.45. The van der Waals surface area contributed by atoms with Crippen LogP contribution in [0.3, 0.4) is 0 Å². The lowest BCUT2D eigenvalue weighted by atomic mass is 10.0. The maximum absolute atomic E-state index is 12.4. The van der Waals surface area contributed by atoms with Gasteiger partial charge in [-0.15, -0.1) is 0 Å². The lowest BCUT2D eigenvalue weighted by molar-refractivity contribution is 0.0503. The first kappa shape index (κ1) is 13.1. The molecule has 2 aromatic carbocycles. The zero-order valence-corrected chi connectivity index (χ0v) is 10.5. The summed E-state index contributed by atoms with van der Waals surface area (Å²) in [5, 5.41) is 9.72. The minimum Gasteiger partial charge on any atom is -0.507 e. The van der Waals surface area contributed by atoms with Crippen LogP contribution in [0.4, 0.5) is 0 Å². The molecule has 0 aliphatic rings. The number of carbonyl (C=O) groups is 1. The summed E-state index contributed by atoms with van der Waals surface area (Å²) in [5.74, 6) is 0.0939. The Morgan fingerprint density at radius 1 is 1.05 bits per heavy atom. The number of para-hydroxylation sites is 2. The van der Waals surface area contributed by atoms with E-state index in [-0.39, 0.29) is 23.9 Å². The van der Waals surface area contributed by atoms with Gasteiger partial charge in [-0.3, -0.25) is 4.79 Å². The maximum atomic E-state index is 12.4. The summed E-state index contributed by atoms with van der Waals surface area (Å²) in [6.07, 6.45) is 0. The molecule has 0 saturated carbocycles. The van der Waals surface area contributed by atoms with Gasteiger partial charge in [0.25, 0.3) is 0 Å². The van der Waals surface area contributed by atoms with E-state index in [2.05, 4.69) is 0 Å². The zero-order chi connectivity index (χ0) is 13.7. The number of hydrogen-bond acceptors (Lipinski definition) is 4. The van der Waals surface area contributed by atoms with Crippen LogP contribution in [0, 0.1) is 0 Å². The minimum atomic E-state index is -0.287. The largest absolute Gasteiger partial charge is 0.507 e. The molecule has 0 aromatic heterocycles. The van der Waals surface area contributed by atoms with E-state index < -0.39 is 0 Å². The van der Waals surface area contributed by atoms with E-state index in [4.69, 9.17) is 9.47 Å². The summed E-state index contributed by atoms with van der Waals surface area (Å²) in [6.45, 7) is 0.0606. The van der Waals surface area contributed by atoms with E-state index in [9.17, 15) is 9.90 Å². The van der Waals surface area contributed by atoms with Crippen molar-refractivity contribution in [2.24, 2.45) is 0 Å². The van der Waals surface area contributed by atoms with Crippen LogP contribution >= 0.6 is 0 Å². The quantitative estimate of drug-likeness (QED) is 0.661. The van der Waals surface area contributed by atoms with Crippen LogP contribution in [-0.2, 0) is 4.74 Å². The molecule has 0 amide bonds. The van der Waals surface area contributed by atoms with Gasteiger partial charge in [0.1, 0.15) is 11.5 Å². The van der Waals surface area contributed by atoms with E-state index in [1.807, 2.05) is 0 Å². The Hall–Kier alpha value is -2.33. The van der Waals surface area contributed by atoms with Gasteiger partial charge in [0.05, 0.1) is 11.1 Å². The molecule has 0 aliphatic carbocycles. The van der Waals surface area contributed by atoms with Crippen LogP contribution in [0.1, 0.15) is 15.9 Å². The number of benzene rings is 2. The number of methoxy groups -OCH3 is 1. The molecule has 4 nitrogen and oxygen atoms in total. The van der Waals surface area contributed by atoms with Crippen molar-refractivity contribution in [2.45, 2.75) is 0 Å². The smallest absolute Gasteiger partial charge is 0.200 e. The van der Waals surface area contributed by atoms with Crippen molar-refractivity contribution in [3.05, 3.63) is 59.7 Å². The molecule has 0 atom stereocenters. The van der Waals surface area contributed by atoms with Gasteiger partial charge >= 0.3 is 0 Å². The van der Waals surface area contributed by atoms with Crippen molar-refractivity contribution >= 4 is 5.78 Å². The van der Waals surface area contributed by atoms with E-state index >= 15 is 0 Å². The molecule has 98 valence electrons. The second-order valence-electron chi connectivity index (χ2n) is 3.89. The lowest BCUT2D eigenvalue weighted by Gasteiger charge is -2.10. The van der Waals surface area contributed by atoms with Crippen molar-refractivity contribution in [1.29, 1.82) is 0 Å². The van der Waals surface area contributed by atoms with Crippen LogP contribution in [0.5, 0.6) is 11.5 Å².